The molecule has 0 unspecified atom stereocenters. The molecule has 2 nitrogen and oxygen atoms in total. The van der Waals surface area contributed by atoms with Crippen LogP contribution in [0.4, 0.5) is 4.39 Å². The van der Waals surface area contributed by atoms with E-state index >= 15 is 0 Å². The van der Waals surface area contributed by atoms with Crippen LogP contribution < -0.4 is 5.32 Å². The van der Waals surface area contributed by atoms with Gasteiger partial charge in [-0.15, -0.1) is 11.3 Å². The van der Waals surface area contributed by atoms with Gasteiger partial charge < -0.3 is 5.32 Å². The van der Waals surface area contributed by atoms with Crippen LogP contribution in [0.3, 0.4) is 0 Å². The molecular weight excluding hydrogens is 187 g/mol. The fraction of sp³-hybridized carbons (Fsp3) is 0.667. The number of nitrogens with zero attached hydrogens (tertiary/aromatic N) is 1. The molecule has 1 N–H and O–H groups in total. The van der Waals surface area contributed by atoms with Crippen molar-refractivity contribution < 1.29 is 4.39 Å². The predicted octanol–water partition coefficient (Wildman–Crippen LogP) is 2.33. The monoisotopic (exact) mass is 202 g/mol. The summed E-state index contributed by atoms with van der Waals surface area (Å²) < 4.78 is 11.9. The Hall–Kier alpha value is -0.480. The van der Waals surface area contributed by atoms with Gasteiger partial charge in [0.25, 0.3) is 0 Å². The Balaban J connectivity index is 2.46. The molecule has 1 aromatic heterocycles. The second-order valence-corrected chi connectivity index (χ2v) is 4.33. The van der Waals surface area contributed by atoms with E-state index in [4.69, 9.17) is 0 Å². The molecule has 0 saturated carbocycles. The van der Waals surface area contributed by atoms with E-state index in [1.54, 1.807) is 17.5 Å². The van der Waals surface area contributed by atoms with Crippen molar-refractivity contribution in [1.29, 1.82) is 0 Å². The Kier molecular flexibility index (Phi) is 3.81. The van der Waals surface area contributed by atoms with Gasteiger partial charge in [0.1, 0.15) is 5.01 Å². The van der Waals surface area contributed by atoms with Gasteiger partial charge in [-0.2, -0.15) is 0 Å². The molecule has 13 heavy (non-hydrogen) atoms. The maximum absolute atomic E-state index is 11.9. The minimum Gasteiger partial charge on any atom is -0.306 e. The van der Waals surface area contributed by atoms with E-state index in [9.17, 15) is 4.39 Å². The van der Waals surface area contributed by atoms with Crippen LogP contribution in [0, 0.1) is 0 Å². The highest BCUT2D eigenvalue weighted by Crippen LogP contribution is 2.21. The zero-order chi connectivity index (χ0) is 9.73. The molecule has 0 aliphatic carbocycles. The Morgan fingerprint density at radius 3 is 2.92 bits per heavy atom. The fourth-order valence-corrected chi connectivity index (χ4v) is 1.81. The van der Waals surface area contributed by atoms with Crippen molar-refractivity contribution in [3.63, 3.8) is 0 Å². The fourth-order valence-electron chi connectivity index (χ4n) is 1.08. The molecule has 0 aromatic carbocycles. The van der Waals surface area contributed by atoms with E-state index in [-0.39, 0.29) is 12.2 Å². The van der Waals surface area contributed by atoms with E-state index in [0.29, 0.717) is 13.0 Å². The second kappa shape index (κ2) is 4.67. The zero-order valence-corrected chi connectivity index (χ0v) is 8.83. The van der Waals surface area contributed by atoms with Crippen LogP contribution in [0.25, 0.3) is 0 Å². The third-order valence-electron chi connectivity index (χ3n) is 1.84. The van der Waals surface area contributed by atoms with Crippen molar-refractivity contribution >= 4 is 11.3 Å². The SMILES string of the molecule is CC(C)(NCCCF)c1nccs1. The van der Waals surface area contributed by atoms with Crippen LogP contribution in [-0.2, 0) is 5.54 Å². The first-order chi connectivity index (χ1) is 6.17. The predicted molar refractivity (Wildman–Crippen MR) is 53.7 cm³/mol. The molecular formula is C9H15FN2S. The molecule has 0 bridgehead atoms. The van der Waals surface area contributed by atoms with Gasteiger partial charge >= 0.3 is 0 Å². The summed E-state index contributed by atoms with van der Waals surface area (Å²) in [5, 5.41) is 6.27. The number of rotatable bonds is 5. The van der Waals surface area contributed by atoms with Gasteiger partial charge in [-0.1, -0.05) is 0 Å². The quantitative estimate of drug-likeness (QED) is 0.741. The Morgan fingerprint density at radius 2 is 2.38 bits per heavy atom. The summed E-state index contributed by atoms with van der Waals surface area (Å²) in [7, 11) is 0. The van der Waals surface area contributed by atoms with E-state index in [1.807, 2.05) is 5.38 Å². The van der Waals surface area contributed by atoms with Gasteiger partial charge in [-0.05, 0) is 26.8 Å². The molecule has 0 atom stereocenters. The smallest absolute Gasteiger partial charge is 0.112 e. The number of hydrogen-bond acceptors (Lipinski definition) is 3. The van der Waals surface area contributed by atoms with Crippen LogP contribution >= 0.6 is 11.3 Å². The summed E-state index contributed by atoms with van der Waals surface area (Å²) in [4.78, 5) is 4.23. The largest absolute Gasteiger partial charge is 0.306 e. The first-order valence-electron chi connectivity index (χ1n) is 4.38. The average Bonchev–Trinajstić information content (AvgIpc) is 2.56. The summed E-state index contributed by atoms with van der Waals surface area (Å²) >= 11 is 1.62. The molecule has 4 heteroatoms. The highest BCUT2D eigenvalue weighted by molar-refractivity contribution is 7.09. The number of alkyl halides is 1. The van der Waals surface area contributed by atoms with Crippen molar-refractivity contribution in [3.05, 3.63) is 16.6 Å². The topological polar surface area (TPSA) is 24.9 Å². The molecule has 1 aromatic rings. The third-order valence-corrected chi connectivity index (χ3v) is 2.94. The minimum atomic E-state index is -0.263. The van der Waals surface area contributed by atoms with Crippen LogP contribution in [0.5, 0.6) is 0 Å². The lowest BCUT2D eigenvalue weighted by Crippen LogP contribution is -2.37. The molecule has 0 fully saturated rings. The van der Waals surface area contributed by atoms with E-state index < -0.39 is 0 Å². The van der Waals surface area contributed by atoms with Crippen LogP contribution in [-0.4, -0.2) is 18.2 Å². The average molecular weight is 202 g/mol. The lowest BCUT2D eigenvalue weighted by Gasteiger charge is -2.23. The summed E-state index contributed by atoms with van der Waals surface area (Å²) in [6.45, 7) is 4.55. The van der Waals surface area contributed by atoms with Gasteiger partial charge in [0.2, 0.25) is 0 Å². The summed E-state index contributed by atoms with van der Waals surface area (Å²) in [6, 6.07) is 0. The van der Waals surface area contributed by atoms with Crippen molar-refractivity contribution in [2.24, 2.45) is 0 Å². The normalized spacial score (nSPS) is 11.9. The van der Waals surface area contributed by atoms with Gasteiger partial charge in [0.15, 0.2) is 0 Å². The third kappa shape index (κ3) is 3.04. The summed E-state index contributed by atoms with van der Waals surface area (Å²) in [6.07, 6.45) is 2.35. The van der Waals surface area contributed by atoms with Gasteiger partial charge in [-0.25, -0.2) is 4.98 Å². The van der Waals surface area contributed by atoms with Crippen molar-refractivity contribution in [3.8, 4) is 0 Å². The van der Waals surface area contributed by atoms with Crippen LogP contribution in [0.1, 0.15) is 25.3 Å². The Morgan fingerprint density at radius 1 is 1.62 bits per heavy atom. The van der Waals surface area contributed by atoms with Crippen molar-refractivity contribution in [2.75, 3.05) is 13.2 Å². The van der Waals surface area contributed by atoms with E-state index in [2.05, 4.69) is 24.1 Å². The maximum atomic E-state index is 11.9. The zero-order valence-electron chi connectivity index (χ0n) is 8.01. The summed E-state index contributed by atoms with van der Waals surface area (Å²) in [5.41, 5.74) is -0.136. The van der Waals surface area contributed by atoms with Crippen LogP contribution in [0.15, 0.2) is 11.6 Å². The minimum absolute atomic E-state index is 0.136. The number of nitrogens with one attached hydrogen (secondary N) is 1. The number of hydrogen-bond donors (Lipinski definition) is 1. The van der Waals surface area contributed by atoms with Crippen molar-refractivity contribution in [1.82, 2.24) is 10.3 Å². The molecule has 0 aliphatic heterocycles. The molecule has 1 rings (SSSR count). The molecule has 74 valence electrons. The maximum Gasteiger partial charge on any atom is 0.112 e. The van der Waals surface area contributed by atoms with Crippen LogP contribution in [0.2, 0.25) is 0 Å². The lowest BCUT2D eigenvalue weighted by molar-refractivity contribution is 0.375. The number of thiazole rings is 1. The van der Waals surface area contributed by atoms with Gasteiger partial charge in [0.05, 0.1) is 12.2 Å². The number of halogens is 1. The highest BCUT2D eigenvalue weighted by Gasteiger charge is 2.21. The standard InChI is InChI=1S/C9H15FN2S/c1-9(2,12-5-3-4-10)8-11-6-7-13-8/h6-7,12H,3-5H2,1-2H3. The first-order valence-corrected chi connectivity index (χ1v) is 5.26. The Labute approximate surface area is 82.2 Å². The molecule has 0 spiro atoms. The molecule has 0 saturated heterocycles. The van der Waals surface area contributed by atoms with Gasteiger partial charge in [-0.3, -0.25) is 4.39 Å². The molecule has 0 aliphatic rings. The lowest BCUT2D eigenvalue weighted by atomic mass is 10.1. The van der Waals surface area contributed by atoms with Gasteiger partial charge in [0, 0.05) is 11.6 Å². The molecule has 1 heterocycles. The summed E-state index contributed by atoms with van der Waals surface area (Å²) in [5.74, 6) is 0. The first kappa shape index (κ1) is 10.6. The highest BCUT2D eigenvalue weighted by atomic mass is 32.1. The second-order valence-electron chi connectivity index (χ2n) is 3.43. The number of aromatic nitrogens is 1. The molecule has 0 radical (unpaired) electrons. The molecule has 0 amide bonds. The van der Waals surface area contributed by atoms with E-state index in [1.165, 1.54) is 0 Å². The Bertz CT molecular complexity index is 234. The van der Waals surface area contributed by atoms with Crippen molar-refractivity contribution in [2.45, 2.75) is 25.8 Å². The van der Waals surface area contributed by atoms with E-state index in [0.717, 1.165) is 5.01 Å².